The van der Waals surface area contributed by atoms with Gasteiger partial charge < -0.3 is 15.2 Å². The van der Waals surface area contributed by atoms with Crippen molar-refractivity contribution < 1.29 is 4.39 Å². The minimum atomic E-state index is -1.02. The predicted octanol–water partition coefficient (Wildman–Crippen LogP) is 4.02. The van der Waals surface area contributed by atoms with Gasteiger partial charge in [-0.3, -0.25) is 4.98 Å². The second-order valence-electron chi connectivity index (χ2n) is 7.21. The van der Waals surface area contributed by atoms with Crippen LogP contribution in [-0.4, -0.2) is 39.8 Å². The molecule has 1 fully saturated rings. The third-order valence-corrected chi connectivity index (χ3v) is 5.35. The molecule has 1 aromatic carbocycles. The molecule has 3 heterocycles. The van der Waals surface area contributed by atoms with Gasteiger partial charge in [0.1, 0.15) is 6.17 Å². The maximum Gasteiger partial charge on any atom is 0.207 e. The minimum absolute atomic E-state index is 0.199. The monoisotopic (exact) mass is 389 g/mol. The predicted molar refractivity (Wildman–Crippen MR) is 110 cm³/mol. The number of hydrogen-bond donors (Lipinski definition) is 1. The zero-order chi connectivity index (χ0) is 20.5. The van der Waals surface area contributed by atoms with Crippen LogP contribution in [0.15, 0.2) is 36.5 Å². The molecule has 0 bridgehead atoms. The van der Waals surface area contributed by atoms with E-state index in [-0.39, 0.29) is 6.04 Å². The molecule has 1 aliphatic rings. The molecular weight excluding hydrogens is 369 g/mol. The number of anilines is 1. The van der Waals surface area contributed by atoms with Crippen molar-refractivity contribution in [2.45, 2.75) is 31.6 Å². The first-order chi connectivity index (χ1) is 14.0. The Hall–Kier alpha value is -3.49. The van der Waals surface area contributed by atoms with Crippen LogP contribution in [0.4, 0.5) is 21.7 Å². The Morgan fingerprint density at radius 3 is 2.62 bits per heavy atom. The molecule has 146 valence electrons. The number of hydrogen-bond acceptors (Lipinski definition) is 4. The second kappa shape index (κ2) is 7.50. The first-order valence-electron chi connectivity index (χ1n) is 9.39. The van der Waals surface area contributed by atoms with Crippen LogP contribution in [0.5, 0.6) is 0 Å². The highest BCUT2D eigenvalue weighted by molar-refractivity contribution is 5.83. The van der Waals surface area contributed by atoms with Gasteiger partial charge in [0.05, 0.1) is 42.0 Å². The fourth-order valence-corrected chi connectivity index (χ4v) is 3.72. The Balaban J connectivity index is 1.84. The largest absolute Gasteiger partial charge is 0.340 e. The Labute approximate surface area is 168 Å². The standard InChI is InChI=1S/C21H20FN7/c1-13(18-6-5-15(25-3)11-26-18)29-20-10-14(24-2)4-7-19(20)27-21(29)28-9-8-16(22)17(23)12-28/h4-7,10-11,13,16-17H,8-9,12,23H2,1H3/t13-,16-,17-/m1/s1. The summed E-state index contributed by atoms with van der Waals surface area (Å²) in [4.78, 5) is 18.2. The molecule has 8 heteroatoms. The van der Waals surface area contributed by atoms with E-state index in [1.807, 2.05) is 34.6 Å². The van der Waals surface area contributed by atoms with Gasteiger partial charge in [-0.2, -0.15) is 0 Å². The summed E-state index contributed by atoms with van der Waals surface area (Å²) in [5, 5.41) is 0. The van der Waals surface area contributed by atoms with Gasteiger partial charge in [-0.15, -0.1) is 0 Å². The average molecular weight is 389 g/mol. The highest BCUT2D eigenvalue weighted by Crippen LogP contribution is 2.33. The smallest absolute Gasteiger partial charge is 0.207 e. The fraction of sp³-hybridized carbons (Fsp3) is 0.333. The molecule has 0 amide bonds. The Morgan fingerprint density at radius 1 is 1.21 bits per heavy atom. The molecule has 29 heavy (non-hydrogen) atoms. The van der Waals surface area contributed by atoms with E-state index in [0.29, 0.717) is 36.8 Å². The van der Waals surface area contributed by atoms with Crippen LogP contribution < -0.4 is 10.6 Å². The lowest BCUT2D eigenvalue weighted by Gasteiger charge is -2.34. The summed E-state index contributed by atoms with van der Waals surface area (Å²) in [7, 11) is 0. The lowest BCUT2D eigenvalue weighted by Crippen LogP contribution is -2.50. The Bertz CT molecular complexity index is 1120. The topological polar surface area (TPSA) is 68.7 Å². The van der Waals surface area contributed by atoms with Crippen LogP contribution in [-0.2, 0) is 0 Å². The summed E-state index contributed by atoms with van der Waals surface area (Å²) >= 11 is 0. The molecule has 0 aliphatic carbocycles. The van der Waals surface area contributed by atoms with Crippen molar-refractivity contribution in [1.29, 1.82) is 0 Å². The molecule has 0 spiro atoms. The van der Waals surface area contributed by atoms with Crippen molar-refractivity contribution in [2.24, 2.45) is 5.73 Å². The van der Waals surface area contributed by atoms with Gasteiger partial charge in [-0.25, -0.2) is 19.1 Å². The van der Waals surface area contributed by atoms with Crippen molar-refractivity contribution in [2.75, 3.05) is 18.0 Å². The van der Waals surface area contributed by atoms with Crippen molar-refractivity contribution in [1.82, 2.24) is 14.5 Å². The van der Waals surface area contributed by atoms with Crippen LogP contribution in [0.2, 0.25) is 0 Å². The van der Waals surface area contributed by atoms with E-state index in [2.05, 4.69) is 14.7 Å². The van der Waals surface area contributed by atoms with Gasteiger partial charge in [0, 0.05) is 19.3 Å². The van der Waals surface area contributed by atoms with E-state index in [1.165, 1.54) is 0 Å². The van der Waals surface area contributed by atoms with E-state index >= 15 is 0 Å². The lowest BCUT2D eigenvalue weighted by molar-refractivity contribution is 0.243. The van der Waals surface area contributed by atoms with E-state index in [0.717, 1.165) is 16.7 Å². The van der Waals surface area contributed by atoms with Crippen LogP contribution in [0.25, 0.3) is 20.7 Å². The molecule has 0 saturated carbocycles. The van der Waals surface area contributed by atoms with Crippen LogP contribution >= 0.6 is 0 Å². The number of rotatable bonds is 3. The van der Waals surface area contributed by atoms with Crippen LogP contribution in [0.3, 0.4) is 0 Å². The quantitative estimate of drug-likeness (QED) is 0.687. The van der Waals surface area contributed by atoms with Crippen molar-refractivity contribution in [3.63, 3.8) is 0 Å². The van der Waals surface area contributed by atoms with Crippen molar-refractivity contribution >= 4 is 28.4 Å². The third kappa shape index (κ3) is 3.39. The minimum Gasteiger partial charge on any atom is -0.340 e. The molecular formula is C21H20FN7. The Morgan fingerprint density at radius 2 is 1.97 bits per heavy atom. The summed E-state index contributed by atoms with van der Waals surface area (Å²) in [6.07, 6.45) is 0.884. The number of alkyl halides is 1. The number of aromatic nitrogens is 3. The maximum atomic E-state index is 13.9. The van der Waals surface area contributed by atoms with Gasteiger partial charge >= 0.3 is 0 Å². The number of nitrogens with two attached hydrogens (primary N) is 1. The molecule has 3 atom stereocenters. The number of nitrogens with zero attached hydrogens (tertiary/aromatic N) is 6. The first-order valence-corrected chi connectivity index (χ1v) is 9.39. The lowest BCUT2D eigenvalue weighted by atomic mass is 10.1. The molecule has 2 N–H and O–H groups in total. The summed E-state index contributed by atoms with van der Waals surface area (Å²) < 4.78 is 15.9. The van der Waals surface area contributed by atoms with Crippen LogP contribution in [0.1, 0.15) is 25.1 Å². The fourth-order valence-electron chi connectivity index (χ4n) is 3.72. The van der Waals surface area contributed by atoms with Gasteiger partial charge in [0.15, 0.2) is 5.69 Å². The van der Waals surface area contributed by atoms with Gasteiger partial charge in [-0.1, -0.05) is 12.1 Å². The number of benzene rings is 1. The molecule has 1 aliphatic heterocycles. The molecule has 4 rings (SSSR count). The third-order valence-electron chi connectivity index (χ3n) is 5.35. The van der Waals surface area contributed by atoms with E-state index in [1.54, 1.807) is 18.3 Å². The molecule has 3 aromatic rings. The van der Waals surface area contributed by atoms with E-state index in [4.69, 9.17) is 23.9 Å². The normalized spacial score (nSPS) is 20.2. The zero-order valence-corrected chi connectivity index (χ0v) is 16.0. The number of pyridine rings is 1. The molecule has 0 radical (unpaired) electrons. The zero-order valence-electron chi connectivity index (χ0n) is 16.0. The van der Waals surface area contributed by atoms with Crippen molar-refractivity contribution in [3.8, 4) is 0 Å². The summed E-state index contributed by atoms with van der Waals surface area (Å²) in [6.45, 7) is 17.3. The maximum absolute atomic E-state index is 13.9. The number of piperidine rings is 1. The second-order valence-corrected chi connectivity index (χ2v) is 7.21. The van der Waals surface area contributed by atoms with E-state index in [9.17, 15) is 4.39 Å². The number of imidazole rings is 1. The highest BCUT2D eigenvalue weighted by atomic mass is 19.1. The summed E-state index contributed by atoms with van der Waals surface area (Å²) in [6, 6.07) is 8.17. The first kappa shape index (κ1) is 18.9. The molecule has 2 aromatic heterocycles. The average Bonchev–Trinajstić information content (AvgIpc) is 3.13. The summed E-state index contributed by atoms with van der Waals surface area (Å²) in [5.41, 5.74) is 9.32. The number of fused-ring (bicyclic) bond motifs is 1. The SMILES string of the molecule is [C-]#[N+]c1ccc([C@@H](C)n2c(N3CC[C@@H](F)[C@H](N)C3)nc3ccc([N+]#[C-])cc32)nc1. The Kier molecular flexibility index (Phi) is 4.87. The van der Waals surface area contributed by atoms with Crippen LogP contribution in [0, 0.1) is 13.1 Å². The van der Waals surface area contributed by atoms with Gasteiger partial charge in [0.25, 0.3) is 0 Å². The molecule has 0 unspecified atom stereocenters. The summed E-state index contributed by atoms with van der Waals surface area (Å²) in [5.74, 6) is 0.688. The van der Waals surface area contributed by atoms with Crippen molar-refractivity contribution in [3.05, 3.63) is 65.1 Å². The van der Waals surface area contributed by atoms with Gasteiger partial charge in [0.2, 0.25) is 11.6 Å². The van der Waals surface area contributed by atoms with E-state index < -0.39 is 12.2 Å². The molecule has 7 nitrogen and oxygen atoms in total. The van der Waals surface area contributed by atoms with Gasteiger partial charge in [-0.05, 0) is 31.5 Å². The molecule has 1 saturated heterocycles. The number of halogens is 1. The highest BCUT2D eigenvalue weighted by Gasteiger charge is 2.30.